The Kier molecular flexibility index (Phi) is 4.37. The third kappa shape index (κ3) is 3.09. The molecule has 0 bridgehead atoms. The predicted molar refractivity (Wildman–Crippen MR) is 90.1 cm³/mol. The number of nitrogens with one attached hydrogen (secondary N) is 1. The molecule has 5 nitrogen and oxygen atoms in total. The van der Waals surface area contributed by atoms with Crippen LogP contribution in [0.1, 0.15) is 35.4 Å². The Morgan fingerprint density at radius 2 is 2.17 bits per heavy atom. The molecule has 1 aliphatic heterocycles. The predicted octanol–water partition coefficient (Wildman–Crippen LogP) is 2.95. The third-order valence-electron chi connectivity index (χ3n) is 4.57. The van der Waals surface area contributed by atoms with Gasteiger partial charge in [0.1, 0.15) is 5.75 Å². The van der Waals surface area contributed by atoms with Gasteiger partial charge in [0.05, 0.1) is 19.2 Å². The van der Waals surface area contributed by atoms with Crippen LogP contribution in [0.25, 0.3) is 0 Å². The Morgan fingerprint density at radius 1 is 1.35 bits per heavy atom. The van der Waals surface area contributed by atoms with Crippen LogP contribution in [0.3, 0.4) is 0 Å². The van der Waals surface area contributed by atoms with Gasteiger partial charge >= 0.3 is 0 Å². The minimum absolute atomic E-state index is 0.130. The first kappa shape index (κ1) is 15.6. The number of carbonyl (C=O) groups is 1. The summed E-state index contributed by atoms with van der Waals surface area (Å²) in [4.78, 5) is 14.8. The fourth-order valence-corrected chi connectivity index (χ4v) is 3.20. The fraction of sp³-hybridized carbons (Fsp3) is 0.444. The van der Waals surface area contributed by atoms with Crippen LogP contribution in [0.15, 0.2) is 18.2 Å². The van der Waals surface area contributed by atoms with Crippen molar-refractivity contribution in [1.29, 1.82) is 0 Å². The number of aryl methyl sites for hydroxylation is 3. The first-order chi connectivity index (χ1) is 11.1. The second kappa shape index (κ2) is 6.44. The zero-order valence-corrected chi connectivity index (χ0v) is 14.0. The van der Waals surface area contributed by atoms with Gasteiger partial charge in [0.25, 0.3) is 0 Å². The lowest BCUT2D eigenvalue weighted by molar-refractivity contribution is -0.118. The number of amides is 1. The summed E-state index contributed by atoms with van der Waals surface area (Å²) in [5, 5.41) is 7.14. The maximum atomic E-state index is 12.9. The molecule has 3 rings (SSSR count). The number of ether oxygens (including phenoxy) is 1. The minimum atomic E-state index is 0.130. The average molecular weight is 313 g/mol. The fourth-order valence-electron chi connectivity index (χ4n) is 3.20. The van der Waals surface area contributed by atoms with Crippen molar-refractivity contribution in [2.24, 2.45) is 0 Å². The van der Waals surface area contributed by atoms with Crippen molar-refractivity contribution >= 4 is 11.6 Å². The molecule has 0 saturated heterocycles. The largest absolute Gasteiger partial charge is 0.497 e. The van der Waals surface area contributed by atoms with E-state index in [1.54, 1.807) is 7.11 Å². The molecular weight excluding hydrogens is 290 g/mol. The molecule has 1 aliphatic rings. The van der Waals surface area contributed by atoms with Gasteiger partial charge in [-0.15, -0.1) is 0 Å². The number of methoxy groups -OCH3 is 1. The zero-order chi connectivity index (χ0) is 16.4. The van der Waals surface area contributed by atoms with E-state index in [2.05, 4.69) is 16.3 Å². The van der Waals surface area contributed by atoms with E-state index in [1.807, 2.05) is 30.9 Å². The van der Waals surface area contributed by atoms with Crippen molar-refractivity contribution in [1.82, 2.24) is 10.2 Å². The number of hydrogen-bond acceptors (Lipinski definition) is 3. The van der Waals surface area contributed by atoms with E-state index in [0.717, 1.165) is 54.2 Å². The third-order valence-corrected chi connectivity index (χ3v) is 4.57. The maximum Gasteiger partial charge on any atom is 0.231 e. The van der Waals surface area contributed by atoms with Gasteiger partial charge in [0, 0.05) is 23.5 Å². The van der Waals surface area contributed by atoms with Gasteiger partial charge in [0.2, 0.25) is 5.91 Å². The summed E-state index contributed by atoms with van der Waals surface area (Å²) in [6.45, 7) is 4.67. The highest BCUT2D eigenvalue weighted by atomic mass is 16.5. The summed E-state index contributed by atoms with van der Waals surface area (Å²) in [5.41, 5.74) is 5.10. The number of anilines is 1. The molecule has 0 atom stereocenters. The smallest absolute Gasteiger partial charge is 0.231 e. The van der Waals surface area contributed by atoms with E-state index < -0.39 is 0 Å². The van der Waals surface area contributed by atoms with Crippen molar-refractivity contribution in [2.45, 2.75) is 39.5 Å². The lowest BCUT2D eigenvalue weighted by atomic mass is 10.1. The number of carbonyl (C=O) groups excluding carboxylic acids is 1. The number of H-pyrrole nitrogens is 1. The number of nitrogens with zero attached hydrogens (tertiary/aromatic N) is 2. The molecule has 1 aromatic carbocycles. The Balaban J connectivity index is 1.89. The monoisotopic (exact) mass is 313 g/mol. The van der Waals surface area contributed by atoms with Gasteiger partial charge in [0.15, 0.2) is 0 Å². The van der Waals surface area contributed by atoms with Crippen LogP contribution in [-0.2, 0) is 17.6 Å². The van der Waals surface area contributed by atoms with Crippen molar-refractivity contribution in [3.05, 3.63) is 40.7 Å². The maximum absolute atomic E-state index is 12.9. The zero-order valence-electron chi connectivity index (χ0n) is 14.0. The standard InChI is InChI=1S/C18H23N3O2/c1-12-16(13(2)20-19-12)11-18(22)21-9-5-4-6-14-10-15(23-3)7-8-17(14)21/h7-8,10H,4-6,9,11H2,1-3H3,(H,19,20). The second-order valence-corrected chi connectivity index (χ2v) is 6.09. The molecule has 23 heavy (non-hydrogen) atoms. The topological polar surface area (TPSA) is 58.2 Å². The number of fused-ring (bicyclic) bond motifs is 1. The van der Waals surface area contributed by atoms with Crippen LogP contribution in [0.2, 0.25) is 0 Å². The molecule has 0 fully saturated rings. The van der Waals surface area contributed by atoms with Crippen LogP contribution in [0.5, 0.6) is 5.75 Å². The minimum Gasteiger partial charge on any atom is -0.497 e. The molecule has 0 unspecified atom stereocenters. The van der Waals surface area contributed by atoms with Gasteiger partial charge in [-0.25, -0.2) is 0 Å². The lowest BCUT2D eigenvalue weighted by Crippen LogP contribution is -2.33. The highest BCUT2D eigenvalue weighted by Crippen LogP contribution is 2.30. The van der Waals surface area contributed by atoms with E-state index in [9.17, 15) is 4.79 Å². The number of hydrogen-bond donors (Lipinski definition) is 1. The molecule has 0 radical (unpaired) electrons. The Morgan fingerprint density at radius 3 is 2.87 bits per heavy atom. The molecule has 1 amide bonds. The van der Waals surface area contributed by atoms with Gasteiger partial charge in [-0.3, -0.25) is 9.89 Å². The van der Waals surface area contributed by atoms with Gasteiger partial charge in [-0.05, 0) is 56.9 Å². The first-order valence-electron chi connectivity index (χ1n) is 8.08. The second-order valence-electron chi connectivity index (χ2n) is 6.09. The number of aromatic amines is 1. The van der Waals surface area contributed by atoms with E-state index >= 15 is 0 Å². The van der Waals surface area contributed by atoms with Crippen LogP contribution in [0, 0.1) is 13.8 Å². The summed E-state index contributed by atoms with van der Waals surface area (Å²) < 4.78 is 5.32. The molecule has 0 saturated carbocycles. The quantitative estimate of drug-likeness (QED) is 0.948. The summed E-state index contributed by atoms with van der Waals surface area (Å²) >= 11 is 0. The van der Waals surface area contributed by atoms with E-state index in [0.29, 0.717) is 6.42 Å². The van der Waals surface area contributed by atoms with Gasteiger partial charge in [-0.2, -0.15) is 5.10 Å². The molecule has 0 spiro atoms. The molecule has 2 heterocycles. The normalized spacial score (nSPS) is 14.3. The number of rotatable bonds is 3. The van der Waals surface area contributed by atoms with Crippen molar-refractivity contribution in [3.63, 3.8) is 0 Å². The summed E-state index contributed by atoms with van der Waals surface area (Å²) in [6, 6.07) is 5.99. The molecular formula is C18H23N3O2. The molecule has 0 aliphatic carbocycles. The van der Waals surface area contributed by atoms with Crippen molar-refractivity contribution in [3.8, 4) is 5.75 Å². The van der Waals surface area contributed by atoms with Crippen molar-refractivity contribution < 1.29 is 9.53 Å². The van der Waals surface area contributed by atoms with Crippen LogP contribution >= 0.6 is 0 Å². The average Bonchev–Trinajstić information content (AvgIpc) is 2.77. The van der Waals surface area contributed by atoms with Gasteiger partial charge in [-0.1, -0.05) is 0 Å². The van der Waals surface area contributed by atoms with E-state index in [4.69, 9.17) is 4.74 Å². The molecule has 122 valence electrons. The highest BCUT2D eigenvalue weighted by molar-refractivity contribution is 5.96. The Labute approximate surface area is 136 Å². The first-order valence-corrected chi connectivity index (χ1v) is 8.08. The van der Waals surface area contributed by atoms with Crippen LogP contribution in [-0.4, -0.2) is 29.8 Å². The lowest BCUT2D eigenvalue weighted by Gasteiger charge is -2.23. The van der Waals surface area contributed by atoms with Gasteiger partial charge < -0.3 is 9.64 Å². The summed E-state index contributed by atoms with van der Waals surface area (Å²) in [6.07, 6.45) is 3.49. The number of benzene rings is 1. The van der Waals surface area contributed by atoms with E-state index in [1.165, 1.54) is 5.56 Å². The molecule has 5 heteroatoms. The van der Waals surface area contributed by atoms with E-state index in [-0.39, 0.29) is 5.91 Å². The Bertz CT molecular complexity index is 702. The van der Waals surface area contributed by atoms with Crippen LogP contribution < -0.4 is 9.64 Å². The summed E-state index contributed by atoms with van der Waals surface area (Å²) in [5.74, 6) is 0.977. The SMILES string of the molecule is COc1ccc2c(c1)CCCCN2C(=O)Cc1c(C)n[nH]c1C. The van der Waals surface area contributed by atoms with Crippen LogP contribution in [0.4, 0.5) is 5.69 Å². The number of aromatic nitrogens is 2. The highest BCUT2D eigenvalue weighted by Gasteiger charge is 2.23. The molecule has 2 aromatic rings. The Hall–Kier alpha value is -2.30. The molecule has 1 N–H and O–H groups in total. The van der Waals surface area contributed by atoms with Crippen molar-refractivity contribution in [2.75, 3.05) is 18.6 Å². The molecule has 1 aromatic heterocycles. The summed E-state index contributed by atoms with van der Waals surface area (Å²) in [7, 11) is 1.67.